The molecule has 0 radical (unpaired) electrons. The summed E-state index contributed by atoms with van der Waals surface area (Å²) in [4.78, 5) is 58.8. The molecule has 0 bridgehead atoms. The first-order valence-electron chi connectivity index (χ1n) is 10.2. The zero-order valence-electron chi connectivity index (χ0n) is 16.8. The second-order valence-electron chi connectivity index (χ2n) is 7.48. The molecule has 2 aliphatic rings. The molecule has 2 saturated heterocycles. The predicted molar refractivity (Wildman–Crippen MR) is 113 cm³/mol. The quantitative estimate of drug-likeness (QED) is 0.718. The summed E-state index contributed by atoms with van der Waals surface area (Å²) in [6, 6.07) is 5.29. The van der Waals surface area contributed by atoms with E-state index in [1.54, 1.807) is 35.4 Å². The molecule has 2 N–H and O–H groups in total. The largest absolute Gasteiger partial charge is 0.354 e. The summed E-state index contributed by atoms with van der Waals surface area (Å²) in [5, 5.41) is 7.33. The molecule has 2 aliphatic heterocycles. The number of aromatic nitrogens is 1. The van der Waals surface area contributed by atoms with Crippen LogP contribution in [0.4, 0.5) is 0 Å². The molecule has 0 spiro atoms. The average Bonchev–Trinajstić information content (AvgIpc) is 3.35. The highest BCUT2D eigenvalue weighted by atomic mass is 32.1. The van der Waals surface area contributed by atoms with Gasteiger partial charge in [-0.3, -0.25) is 24.2 Å². The smallest absolute Gasteiger partial charge is 0.264 e. The van der Waals surface area contributed by atoms with Gasteiger partial charge in [-0.25, -0.2) is 0 Å². The van der Waals surface area contributed by atoms with Gasteiger partial charge in [0, 0.05) is 32.0 Å². The topological polar surface area (TPSA) is 112 Å². The van der Waals surface area contributed by atoms with E-state index in [9.17, 15) is 19.2 Å². The molecule has 9 nitrogen and oxygen atoms in total. The van der Waals surface area contributed by atoms with Gasteiger partial charge in [0.2, 0.25) is 11.8 Å². The summed E-state index contributed by atoms with van der Waals surface area (Å²) in [6.07, 6.45) is 4.33. The van der Waals surface area contributed by atoms with Crippen molar-refractivity contribution >= 4 is 35.0 Å². The van der Waals surface area contributed by atoms with E-state index in [-0.39, 0.29) is 30.8 Å². The van der Waals surface area contributed by atoms with E-state index >= 15 is 0 Å². The van der Waals surface area contributed by atoms with Crippen molar-refractivity contribution in [2.75, 3.05) is 26.2 Å². The van der Waals surface area contributed by atoms with Gasteiger partial charge in [0.1, 0.15) is 12.1 Å². The molecule has 0 aromatic carbocycles. The Kier molecular flexibility index (Phi) is 6.26. The van der Waals surface area contributed by atoms with Crippen molar-refractivity contribution in [1.29, 1.82) is 0 Å². The second kappa shape index (κ2) is 9.25. The number of carbonyl (C=O) groups excluding carboxylic acids is 4. The molecular formula is C21H23N5O4S. The normalized spacial score (nSPS) is 21.4. The van der Waals surface area contributed by atoms with Crippen LogP contribution in [0.3, 0.4) is 0 Å². The van der Waals surface area contributed by atoms with Gasteiger partial charge in [-0.2, -0.15) is 0 Å². The SMILES string of the molecule is O=C1NCCC[C@@H]1NC(=O)[C@H]1CN(C(=O)c2cccs2)CCN1C(=O)c1cccnc1. The molecule has 0 unspecified atom stereocenters. The monoisotopic (exact) mass is 441 g/mol. The van der Waals surface area contributed by atoms with E-state index in [1.807, 2.05) is 5.38 Å². The van der Waals surface area contributed by atoms with E-state index in [2.05, 4.69) is 15.6 Å². The average molecular weight is 442 g/mol. The fourth-order valence-electron chi connectivity index (χ4n) is 3.82. The number of rotatable bonds is 4. The predicted octanol–water partition coefficient (Wildman–Crippen LogP) is 0.505. The lowest BCUT2D eigenvalue weighted by Crippen LogP contribution is -2.63. The highest BCUT2D eigenvalue weighted by molar-refractivity contribution is 7.12. The van der Waals surface area contributed by atoms with Crippen molar-refractivity contribution in [1.82, 2.24) is 25.4 Å². The molecule has 162 valence electrons. The lowest BCUT2D eigenvalue weighted by atomic mass is 10.0. The molecule has 4 rings (SSSR count). The summed E-state index contributed by atoms with van der Waals surface area (Å²) in [7, 11) is 0. The Morgan fingerprint density at radius 1 is 1.16 bits per heavy atom. The molecule has 2 aromatic heterocycles. The zero-order chi connectivity index (χ0) is 21.8. The Bertz CT molecular complexity index is 965. The van der Waals surface area contributed by atoms with Crippen LogP contribution in [0.1, 0.15) is 32.9 Å². The highest BCUT2D eigenvalue weighted by Crippen LogP contribution is 2.19. The molecule has 2 aromatic rings. The molecule has 0 saturated carbocycles. The maximum absolute atomic E-state index is 13.2. The molecule has 0 aliphatic carbocycles. The van der Waals surface area contributed by atoms with Gasteiger partial charge in [-0.1, -0.05) is 6.07 Å². The molecule has 10 heteroatoms. The zero-order valence-corrected chi connectivity index (χ0v) is 17.6. The first-order valence-corrected chi connectivity index (χ1v) is 11.0. The van der Waals surface area contributed by atoms with Crippen LogP contribution in [0.25, 0.3) is 0 Å². The number of nitrogens with zero attached hydrogens (tertiary/aromatic N) is 3. The molecule has 4 amide bonds. The van der Waals surface area contributed by atoms with Crippen molar-refractivity contribution in [2.24, 2.45) is 0 Å². The van der Waals surface area contributed by atoms with Crippen LogP contribution < -0.4 is 10.6 Å². The van der Waals surface area contributed by atoms with E-state index in [0.29, 0.717) is 30.0 Å². The van der Waals surface area contributed by atoms with Crippen molar-refractivity contribution in [3.63, 3.8) is 0 Å². The van der Waals surface area contributed by atoms with Gasteiger partial charge in [0.25, 0.3) is 11.8 Å². The number of thiophene rings is 1. The minimum absolute atomic E-state index is 0.0584. The van der Waals surface area contributed by atoms with Crippen molar-refractivity contribution in [3.05, 3.63) is 52.5 Å². The van der Waals surface area contributed by atoms with E-state index in [0.717, 1.165) is 6.42 Å². The van der Waals surface area contributed by atoms with Crippen LogP contribution in [0.5, 0.6) is 0 Å². The Labute approximate surface area is 183 Å². The molecule has 2 atom stereocenters. The van der Waals surface area contributed by atoms with Crippen LogP contribution in [0, 0.1) is 0 Å². The highest BCUT2D eigenvalue weighted by Gasteiger charge is 2.39. The van der Waals surface area contributed by atoms with E-state index in [4.69, 9.17) is 0 Å². The lowest BCUT2D eigenvalue weighted by Gasteiger charge is -2.41. The third-order valence-corrected chi connectivity index (χ3v) is 6.33. The first-order chi connectivity index (χ1) is 15.0. The summed E-state index contributed by atoms with van der Waals surface area (Å²) in [5.74, 6) is -1.17. The standard InChI is InChI=1S/C21H23N5O4S/c27-18-15(5-2-8-23-18)24-19(28)16-13-25(21(30)17-6-3-11-31-17)9-10-26(16)20(29)14-4-1-7-22-12-14/h1,3-4,6-7,11-12,15-16H,2,5,8-10,13H2,(H,23,27)(H,24,28)/t15-,16+/m0/s1. The summed E-state index contributed by atoms with van der Waals surface area (Å²) in [6.45, 7) is 1.17. The number of hydrogen-bond acceptors (Lipinski definition) is 6. The molecule has 31 heavy (non-hydrogen) atoms. The van der Waals surface area contributed by atoms with Crippen LogP contribution >= 0.6 is 11.3 Å². The number of nitrogens with one attached hydrogen (secondary N) is 2. The lowest BCUT2D eigenvalue weighted by molar-refractivity contribution is -0.133. The number of piperidine rings is 1. The van der Waals surface area contributed by atoms with Gasteiger partial charge in [0.15, 0.2) is 0 Å². The number of amides is 4. The molecule has 4 heterocycles. The summed E-state index contributed by atoms with van der Waals surface area (Å²) in [5.41, 5.74) is 0.369. The number of hydrogen-bond donors (Lipinski definition) is 2. The Balaban J connectivity index is 1.55. The van der Waals surface area contributed by atoms with Crippen molar-refractivity contribution < 1.29 is 19.2 Å². The summed E-state index contributed by atoms with van der Waals surface area (Å²) < 4.78 is 0. The Morgan fingerprint density at radius 3 is 2.74 bits per heavy atom. The summed E-state index contributed by atoms with van der Waals surface area (Å²) >= 11 is 1.33. The first kappa shape index (κ1) is 21.0. The Hall–Kier alpha value is -3.27. The maximum atomic E-state index is 13.2. The van der Waals surface area contributed by atoms with Crippen LogP contribution in [-0.2, 0) is 9.59 Å². The van der Waals surface area contributed by atoms with Gasteiger partial charge < -0.3 is 20.4 Å². The van der Waals surface area contributed by atoms with E-state index in [1.165, 1.54) is 22.4 Å². The fourth-order valence-corrected chi connectivity index (χ4v) is 4.51. The van der Waals surface area contributed by atoms with Crippen molar-refractivity contribution in [2.45, 2.75) is 24.9 Å². The van der Waals surface area contributed by atoms with E-state index < -0.39 is 18.0 Å². The van der Waals surface area contributed by atoms with Crippen molar-refractivity contribution in [3.8, 4) is 0 Å². The van der Waals surface area contributed by atoms with Crippen LogP contribution in [0.2, 0.25) is 0 Å². The fraction of sp³-hybridized carbons (Fsp3) is 0.381. The second-order valence-corrected chi connectivity index (χ2v) is 8.43. The number of carbonyl (C=O) groups is 4. The van der Waals surface area contributed by atoms with Crippen LogP contribution in [0.15, 0.2) is 42.0 Å². The third kappa shape index (κ3) is 4.58. The minimum atomic E-state index is -0.903. The van der Waals surface area contributed by atoms with Gasteiger partial charge in [-0.15, -0.1) is 11.3 Å². The number of piperazine rings is 1. The third-order valence-electron chi connectivity index (χ3n) is 5.47. The number of pyridine rings is 1. The maximum Gasteiger partial charge on any atom is 0.264 e. The molecule has 2 fully saturated rings. The van der Waals surface area contributed by atoms with Gasteiger partial charge in [0.05, 0.1) is 17.0 Å². The van der Waals surface area contributed by atoms with Gasteiger partial charge >= 0.3 is 0 Å². The van der Waals surface area contributed by atoms with Gasteiger partial charge in [-0.05, 0) is 36.4 Å². The minimum Gasteiger partial charge on any atom is -0.354 e. The molecular weight excluding hydrogens is 418 g/mol. The van der Waals surface area contributed by atoms with Crippen LogP contribution in [-0.4, -0.2) is 76.7 Å². The Morgan fingerprint density at radius 2 is 2.03 bits per heavy atom.